The molecular weight excluding hydrogens is 468 g/mol. The number of unbranched alkanes of at least 4 members (excludes halogenated alkanes) is 1. The monoisotopic (exact) mass is 514 g/mol. The highest BCUT2D eigenvalue weighted by Crippen LogP contribution is 2.09. The molecule has 0 radical (unpaired) electrons. The summed E-state index contributed by atoms with van der Waals surface area (Å²) in [5.74, 6) is -3.08. The van der Waals surface area contributed by atoms with Crippen molar-refractivity contribution in [3.8, 4) is 0 Å². The largest absolute Gasteiger partial charge is 0.480 e. The van der Waals surface area contributed by atoms with Gasteiger partial charge in [0.2, 0.25) is 17.7 Å². The zero-order chi connectivity index (χ0) is 27.8. The molecule has 4 unspecified atom stereocenters. The Kier molecular flexibility index (Phi) is 16.1. The predicted octanol–water partition coefficient (Wildman–Crippen LogP) is -1.26. The summed E-state index contributed by atoms with van der Waals surface area (Å²) in [7, 11) is 0. The Bertz CT molecular complexity index is 740. The van der Waals surface area contributed by atoms with E-state index in [-0.39, 0.29) is 37.2 Å². The molecule has 0 aromatic carbocycles. The second-order valence-electron chi connectivity index (χ2n) is 9.66. The number of carboxylic acid groups (broad SMARTS) is 1. The summed E-state index contributed by atoms with van der Waals surface area (Å²) in [5, 5.41) is 17.3. The average molecular weight is 515 g/mol. The van der Waals surface area contributed by atoms with Crippen molar-refractivity contribution in [1.29, 1.82) is 0 Å². The van der Waals surface area contributed by atoms with E-state index in [1.54, 1.807) is 13.8 Å². The van der Waals surface area contributed by atoms with Gasteiger partial charge in [-0.25, -0.2) is 4.79 Å². The average Bonchev–Trinajstić information content (AvgIpc) is 2.77. The Morgan fingerprint density at radius 1 is 0.833 bits per heavy atom. The van der Waals surface area contributed by atoms with E-state index in [9.17, 15) is 24.3 Å². The molecule has 13 heteroatoms. The van der Waals surface area contributed by atoms with Crippen molar-refractivity contribution in [2.24, 2.45) is 39.8 Å². The van der Waals surface area contributed by atoms with Crippen LogP contribution in [0.4, 0.5) is 0 Å². The Labute approximate surface area is 213 Å². The molecule has 13 nitrogen and oxygen atoms in total. The highest BCUT2D eigenvalue weighted by molar-refractivity contribution is 5.94. The van der Waals surface area contributed by atoms with Gasteiger partial charge < -0.3 is 44.0 Å². The molecule has 0 aliphatic carbocycles. The SMILES string of the molecule is CC(C)CC(N)C(=O)NC(C(=O)NC(CCCN=C(N)N)C(=O)NC(CCCCN)C(=O)O)C(C)C. The van der Waals surface area contributed by atoms with E-state index in [1.807, 2.05) is 13.8 Å². The molecule has 208 valence electrons. The minimum Gasteiger partial charge on any atom is -0.480 e. The van der Waals surface area contributed by atoms with Crippen LogP contribution >= 0.6 is 0 Å². The zero-order valence-electron chi connectivity index (χ0n) is 22.0. The van der Waals surface area contributed by atoms with Gasteiger partial charge in [-0.2, -0.15) is 0 Å². The van der Waals surface area contributed by atoms with Crippen molar-refractivity contribution in [3.05, 3.63) is 0 Å². The first-order chi connectivity index (χ1) is 16.8. The molecular formula is C23H46N8O5. The third-order valence-electron chi connectivity index (χ3n) is 5.45. The van der Waals surface area contributed by atoms with Crippen LogP contribution in [0.3, 0.4) is 0 Å². The maximum atomic E-state index is 13.1. The molecule has 0 aliphatic heterocycles. The molecule has 0 fully saturated rings. The summed E-state index contributed by atoms with van der Waals surface area (Å²) in [5.41, 5.74) is 22.1. The summed E-state index contributed by atoms with van der Waals surface area (Å²) in [6.45, 7) is 8.01. The fourth-order valence-corrected chi connectivity index (χ4v) is 3.47. The lowest BCUT2D eigenvalue weighted by Crippen LogP contribution is -2.58. The molecule has 0 aliphatic rings. The van der Waals surface area contributed by atoms with E-state index in [1.165, 1.54) is 0 Å². The van der Waals surface area contributed by atoms with E-state index < -0.39 is 47.9 Å². The minimum absolute atomic E-state index is 0.105. The second-order valence-corrected chi connectivity index (χ2v) is 9.66. The number of carbonyl (C=O) groups is 4. The number of hydrogen-bond donors (Lipinski definition) is 8. The maximum Gasteiger partial charge on any atom is 0.326 e. The van der Waals surface area contributed by atoms with Gasteiger partial charge in [0.05, 0.1) is 6.04 Å². The molecule has 0 heterocycles. The number of hydrogen-bond acceptors (Lipinski definition) is 7. The van der Waals surface area contributed by atoms with Crippen LogP contribution in [0.2, 0.25) is 0 Å². The van der Waals surface area contributed by atoms with Gasteiger partial charge in [-0.1, -0.05) is 27.7 Å². The lowest BCUT2D eigenvalue weighted by atomic mass is 9.99. The lowest BCUT2D eigenvalue weighted by molar-refractivity contribution is -0.142. The van der Waals surface area contributed by atoms with Crippen LogP contribution in [0.15, 0.2) is 4.99 Å². The van der Waals surface area contributed by atoms with Crippen LogP contribution in [0, 0.1) is 11.8 Å². The fourth-order valence-electron chi connectivity index (χ4n) is 3.47. The first-order valence-electron chi connectivity index (χ1n) is 12.4. The number of aliphatic imine (C=N–C) groups is 1. The van der Waals surface area contributed by atoms with Gasteiger partial charge in [-0.3, -0.25) is 19.4 Å². The molecule has 4 atom stereocenters. The van der Waals surface area contributed by atoms with Crippen LogP contribution in [0.5, 0.6) is 0 Å². The van der Waals surface area contributed by atoms with Gasteiger partial charge in [0, 0.05) is 6.54 Å². The molecule has 0 rings (SSSR count). The number of nitrogens with zero attached hydrogens (tertiary/aromatic N) is 1. The first kappa shape index (κ1) is 33.1. The van der Waals surface area contributed by atoms with E-state index >= 15 is 0 Å². The molecule has 3 amide bonds. The van der Waals surface area contributed by atoms with Gasteiger partial charge in [0.25, 0.3) is 0 Å². The van der Waals surface area contributed by atoms with Crippen LogP contribution in [0.25, 0.3) is 0 Å². The predicted molar refractivity (Wildman–Crippen MR) is 139 cm³/mol. The highest BCUT2D eigenvalue weighted by atomic mass is 16.4. The zero-order valence-corrected chi connectivity index (χ0v) is 22.0. The number of carboxylic acids is 1. The molecule has 0 bridgehead atoms. The Balaban J connectivity index is 5.53. The fraction of sp³-hybridized carbons (Fsp3) is 0.783. The van der Waals surface area contributed by atoms with Crippen molar-refractivity contribution in [2.75, 3.05) is 13.1 Å². The number of rotatable bonds is 18. The molecule has 12 N–H and O–H groups in total. The minimum atomic E-state index is -1.18. The summed E-state index contributed by atoms with van der Waals surface area (Å²) in [6, 6.07) is -3.91. The molecule has 0 spiro atoms. The highest BCUT2D eigenvalue weighted by Gasteiger charge is 2.31. The van der Waals surface area contributed by atoms with Crippen molar-refractivity contribution in [2.45, 2.75) is 90.4 Å². The van der Waals surface area contributed by atoms with E-state index in [0.29, 0.717) is 32.2 Å². The van der Waals surface area contributed by atoms with Gasteiger partial charge >= 0.3 is 5.97 Å². The first-order valence-corrected chi connectivity index (χ1v) is 12.4. The molecule has 0 saturated heterocycles. The smallest absolute Gasteiger partial charge is 0.326 e. The molecule has 0 saturated carbocycles. The Hall–Kier alpha value is -2.93. The van der Waals surface area contributed by atoms with Crippen molar-refractivity contribution in [1.82, 2.24) is 16.0 Å². The maximum absolute atomic E-state index is 13.1. The number of guanidine groups is 1. The summed E-state index contributed by atoms with van der Waals surface area (Å²) >= 11 is 0. The van der Waals surface area contributed by atoms with Gasteiger partial charge in [0.15, 0.2) is 5.96 Å². The van der Waals surface area contributed by atoms with Crippen molar-refractivity contribution < 1.29 is 24.3 Å². The van der Waals surface area contributed by atoms with Crippen molar-refractivity contribution in [3.63, 3.8) is 0 Å². The van der Waals surface area contributed by atoms with Gasteiger partial charge in [-0.15, -0.1) is 0 Å². The summed E-state index contributed by atoms with van der Waals surface area (Å²) in [6.07, 6.45) is 2.29. The number of nitrogens with two attached hydrogens (primary N) is 4. The van der Waals surface area contributed by atoms with Crippen LogP contribution < -0.4 is 38.9 Å². The molecule has 0 aromatic rings. The summed E-state index contributed by atoms with van der Waals surface area (Å²) < 4.78 is 0. The third-order valence-corrected chi connectivity index (χ3v) is 5.45. The number of nitrogens with one attached hydrogen (secondary N) is 3. The van der Waals surface area contributed by atoms with E-state index in [2.05, 4.69) is 20.9 Å². The number of aliphatic carboxylic acids is 1. The van der Waals surface area contributed by atoms with E-state index in [0.717, 1.165) is 0 Å². The quantitative estimate of drug-likeness (QED) is 0.0617. The Morgan fingerprint density at radius 2 is 1.42 bits per heavy atom. The normalized spacial score (nSPS) is 14.4. The third kappa shape index (κ3) is 13.8. The standard InChI is InChI=1S/C23H46N8O5/c1-13(2)12-15(25)19(32)31-18(14(3)4)21(34)29-16(9-7-11-28-23(26)27)20(33)30-17(22(35)36)8-5-6-10-24/h13-18H,5-12,24-25H2,1-4H3,(H,29,34)(H,30,33)(H,31,32)(H,35,36)(H4,26,27,28). The van der Waals surface area contributed by atoms with E-state index in [4.69, 9.17) is 22.9 Å². The summed E-state index contributed by atoms with van der Waals surface area (Å²) in [4.78, 5) is 54.1. The number of carbonyl (C=O) groups excluding carboxylic acids is 3. The van der Waals surface area contributed by atoms with Gasteiger partial charge in [0.1, 0.15) is 18.1 Å². The van der Waals surface area contributed by atoms with Crippen LogP contribution in [0.1, 0.15) is 66.2 Å². The van der Waals surface area contributed by atoms with Crippen LogP contribution in [-0.2, 0) is 19.2 Å². The Morgan fingerprint density at radius 3 is 1.92 bits per heavy atom. The van der Waals surface area contributed by atoms with Crippen molar-refractivity contribution >= 4 is 29.7 Å². The van der Waals surface area contributed by atoms with Gasteiger partial charge in [-0.05, 0) is 56.9 Å². The topological polar surface area (TPSA) is 241 Å². The molecule has 0 aromatic heterocycles. The molecule has 36 heavy (non-hydrogen) atoms. The lowest BCUT2D eigenvalue weighted by Gasteiger charge is -2.27. The number of amides is 3. The van der Waals surface area contributed by atoms with Crippen LogP contribution in [-0.4, -0.2) is 72.0 Å². The second kappa shape index (κ2) is 17.5.